The minimum atomic E-state index is -0.577. The summed E-state index contributed by atoms with van der Waals surface area (Å²) in [5, 5.41) is 3.19. The van der Waals surface area contributed by atoms with Gasteiger partial charge in [0.05, 0.1) is 12.7 Å². The number of carbonyl (C=O) groups excluding carboxylic acids is 1. The van der Waals surface area contributed by atoms with Crippen LogP contribution in [0.25, 0.3) is 11.2 Å². The van der Waals surface area contributed by atoms with E-state index in [0.29, 0.717) is 37.7 Å². The maximum Gasteiger partial charge on any atom is 0.332 e. The Labute approximate surface area is 190 Å². The predicted octanol–water partition coefficient (Wildman–Crippen LogP) is 0.440. The van der Waals surface area contributed by atoms with Crippen molar-refractivity contribution in [3.63, 3.8) is 0 Å². The number of Topliss-reactive ketones (excluding diaryl/α,β-unsaturated/α-hetero) is 1. The molecular formula is C23H29N7O3. The molecular weight excluding hydrogens is 422 g/mol. The number of anilines is 1. The molecule has 2 aromatic heterocycles. The van der Waals surface area contributed by atoms with Gasteiger partial charge < -0.3 is 15.2 Å². The molecule has 0 amide bonds. The summed E-state index contributed by atoms with van der Waals surface area (Å²) in [7, 11) is 1.57. The number of aromatic nitrogens is 4. The molecule has 1 aliphatic heterocycles. The smallest absolute Gasteiger partial charge is 0.332 e. The number of benzene rings is 1. The van der Waals surface area contributed by atoms with Gasteiger partial charge in [-0.1, -0.05) is 42.0 Å². The number of aryl methyl sites for hydroxylation is 1. The van der Waals surface area contributed by atoms with Crippen LogP contribution in [0, 0.1) is 0 Å². The molecule has 1 aliphatic rings. The van der Waals surface area contributed by atoms with Crippen molar-refractivity contribution in [1.29, 1.82) is 0 Å². The quantitative estimate of drug-likeness (QED) is 0.412. The van der Waals surface area contributed by atoms with Gasteiger partial charge in [0.2, 0.25) is 5.95 Å². The van der Waals surface area contributed by atoms with Crippen LogP contribution < -0.4 is 27.2 Å². The van der Waals surface area contributed by atoms with E-state index in [9.17, 15) is 14.4 Å². The highest BCUT2D eigenvalue weighted by Gasteiger charge is 2.26. The van der Waals surface area contributed by atoms with Crippen molar-refractivity contribution < 1.29 is 4.79 Å². The van der Waals surface area contributed by atoms with E-state index in [1.807, 2.05) is 29.4 Å². The predicted molar refractivity (Wildman–Crippen MR) is 128 cm³/mol. The van der Waals surface area contributed by atoms with Crippen LogP contribution in [0.1, 0.15) is 24.2 Å². The van der Waals surface area contributed by atoms with Crippen molar-refractivity contribution in [3.8, 4) is 0 Å². The van der Waals surface area contributed by atoms with E-state index in [1.54, 1.807) is 37.4 Å². The first-order valence-corrected chi connectivity index (χ1v) is 10.9. The second-order valence-corrected chi connectivity index (χ2v) is 8.50. The van der Waals surface area contributed by atoms with Crippen molar-refractivity contribution in [2.75, 3.05) is 24.5 Å². The van der Waals surface area contributed by atoms with Crippen molar-refractivity contribution in [3.05, 3.63) is 68.4 Å². The van der Waals surface area contributed by atoms with Crippen LogP contribution in [-0.2, 0) is 20.1 Å². The zero-order valence-corrected chi connectivity index (χ0v) is 19.1. The van der Waals surface area contributed by atoms with E-state index in [0.717, 1.165) is 10.1 Å². The van der Waals surface area contributed by atoms with Crippen LogP contribution in [0.5, 0.6) is 0 Å². The topological polar surface area (TPSA) is 120 Å². The molecule has 0 radical (unpaired) electrons. The van der Waals surface area contributed by atoms with Crippen LogP contribution in [0.4, 0.5) is 5.95 Å². The van der Waals surface area contributed by atoms with Gasteiger partial charge in [-0.05, 0) is 13.8 Å². The average Bonchev–Trinajstić information content (AvgIpc) is 3.19. The molecule has 174 valence electrons. The number of nitrogens with one attached hydrogen (secondary N) is 1. The van der Waals surface area contributed by atoms with Crippen molar-refractivity contribution in [2.24, 2.45) is 12.8 Å². The summed E-state index contributed by atoms with van der Waals surface area (Å²) in [6.45, 7) is 5.90. The lowest BCUT2D eigenvalue weighted by Gasteiger charge is -2.32. The highest BCUT2D eigenvalue weighted by molar-refractivity contribution is 5.95. The second-order valence-electron chi connectivity index (χ2n) is 8.50. The Kier molecular flexibility index (Phi) is 6.30. The molecule has 3 N–H and O–H groups in total. The van der Waals surface area contributed by atoms with E-state index in [1.165, 1.54) is 4.57 Å². The van der Waals surface area contributed by atoms with Gasteiger partial charge in [0, 0.05) is 38.8 Å². The number of ketones is 1. The highest BCUT2D eigenvalue weighted by Crippen LogP contribution is 2.21. The molecule has 0 spiro atoms. The number of carbonyl (C=O) groups is 1. The molecule has 0 saturated carbocycles. The summed E-state index contributed by atoms with van der Waals surface area (Å²) in [5.74, 6) is 0.275. The van der Waals surface area contributed by atoms with Crippen molar-refractivity contribution >= 4 is 22.9 Å². The molecule has 10 nitrogen and oxygen atoms in total. The largest absolute Gasteiger partial charge is 0.338 e. The summed E-state index contributed by atoms with van der Waals surface area (Å²) in [5.41, 5.74) is 7.09. The third kappa shape index (κ3) is 4.39. The molecule has 1 unspecified atom stereocenters. The van der Waals surface area contributed by atoms with Crippen LogP contribution in [-0.4, -0.2) is 50.3 Å². The molecule has 1 fully saturated rings. The maximum atomic E-state index is 13.6. The van der Waals surface area contributed by atoms with E-state index < -0.39 is 11.2 Å². The van der Waals surface area contributed by atoms with Crippen LogP contribution in [0.2, 0.25) is 0 Å². The molecule has 3 heterocycles. The third-order valence-corrected chi connectivity index (χ3v) is 5.78. The molecule has 4 rings (SSSR count). The molecule has 1 atom stereocenters. The van der Waals surface area contributed by atoms with Crippen LogP contribution in [0.15, 0.2) is 51.6 Å². The van der Waals surface area contributed by atoms with Gasteiger partial charge in [-0.25, -0.2) is 4.79 Å². The summed E-state index contributed by atoms with van der Waals surface area (Å²) < 4.78 is 4.14. The van der Waals surface area contributed by atoms with Crippen molar-refractivity contribution in [1.82, 2.24) is 24.0 Å². The van der Waals surface area contributed by atoms with E-state index in [4.69, 9.17) is 5.73 Å². The summed E-state index contributed by atoms with van der Waals surface area (Å²) >= 11 is 0. The summed E-state index contributed by atoms with van der Waals surface area (Å²) in [4.78, 5) is 46.1. The fourth-order valence-corrected chi connectivity index (χ4v) is 4.01. The van der Waals surface area contributed by atoms with Crippen LogP contribution in [0.3, 0.4) is 0 Å². The van der Waals surface area contributed by atoms with Gasteiger partial charge >= 0.3 is 5.69 Å². The third-order valence-electron chi connectivity index (χ3n) is 5.78. The van der Waals surface area contributed by atoms with Crippen molar-refractivity contribution in [2.45, 2.75) is 33.1 Å². The van der Waals surface area contributed by atoms with E-state index in [-0.39, 0.29) is 29.7 Å². The molecule has 0 bridgehead atoms. The summed E-state index contributed by atoms with van der Waals surface area (Å²) in [6, 6.07) is 8.63. The monoisotopic (exact) mass is 451 g/mol. The number of hydrogen-bond acceptors (Lipinski definition) is 7. The highest BCUT2D eigenvalue weighted by atomic mass is 16.2. The van der Waals surface area contributed by atoms with E-state index in [2.05, 4.69) is 10.3 Å². The standard InChI is InChI=1S/C23H29N7O3/c1-15(2)9-11-29-19-20(26-22(29)28-12-10-25-18(24)14-28)27(3)23(33)30(21(19)32)13-17(31)16-7-5-4-6-8-16/h4-9,18,25H,10-14,24H2,1-3H3. The number of hydrogen-bond donors (Lipinski definition) is 2. The summed E-state index contributed by atoms with van der Waals surface area (Å²) in [6.07, 6.45) is 1.77. The SMILES string of the molecule is CC(C)=CCn1c(N2CCNC(N)C2)nc2c1c(=O)n(CC(=O)c1ccccc1)c(=O)n2C. The first-order chi connectivity index (χ1) is 15.8. The maximum absolute atomic E-state index is 13.6. The normalized spacial score (nSPS) is 16.2. The first kappa shape index (κ1) is 22.7. The second kappa shape index (κ2) is 9.16. The number of allylic oxidation sites excluding steroid dienone is 2. The van der Waals surface area contributed by atoms with Gasteiger partial charge in [0.15, 0.2) is 16.9 Å². The Morgan fingerprint density at radius 3 is 2.61 bits per heavy atom. The van der Waals surface area contributed by atoms with Gasteiger partial charge in [-0.2, -0.15) is 4.98 Å². The number of rotatable bonds is 6. The fourth-order valence-electron chi connectivity index (χ4n) is 4.01. The number of nitrogens with two attached hydrogens (primary N) is 1. The van der Waals surface area contributed by atoms with Gasteiger partial charge in [0.1, 0.15) is 0 Å². The van der Waals surface area contributed by atoms with E-state index >= 15 is 0 Å². The lowest BCUT2D eigenvalue weighted by atomic mass is 10.1. The van der Waals surface area contributed by atoms with Gasteiger partial charge in [-0.15, -0.1) is 0 Å². The van der Waals surface area contributed by atoms with Gasteiger partial charge in [0.25, 0.3) is 5.56 Å². The first-order valence-electron chi connectivity index (χ1n) is 10.9. The molecule has 1 aromatic carbocycles. The fraction of sp³-hybridized carbons (Fsp3) is 0.391. The molecule has 10 heteroatoms. The Balaban J connectivity index is 1.89. The molecule has 0 aliphatic carbocycles. The lowest BCUT2D eigenvalue weighted by molar-refractivity contribution is 0.0969. The number of nitrogens with zero attached hydrogens (tertiary/aromatic N) is 5. The minimum Gasteiger partial charge on any atom is -0.338 e. The number of imidazole rings is 1. The zero-order valence-electron chi connectivity index (χ0n) is 19.1. The number of piperazine rings is 1. The molecule has 3 aromatic rings. The molecule has 1 saturated heterocycles. The Morgan fingerprint density at radius 2 is 1.94 bits per heavy atom. The Morgan fingerprint density at radius 1 is 1.21 bits per heavy atom. The lowest BCUT2D eigenvalue weighted by Crippen LogP contribution is -2.55. The Hall–Kier alpha value is -3.50. The Bertz CT molecular complexity index is 1330. The minimum absolute atomic E-state index is 0.223. The number of fused-ring (bicyclic) bond motifs is 1. The van der Waals surface area contributed by atoms with Gasteiger partial charge in [-0.3, -0.25) is 24.0 Å². The average molecular weight is 452 g/mol. The zero-order chi connectivity index (χ0) is 23.7. The molecule has 33 heavy (non-hydrogen) atoms. The van der Waals surface area contributed by atoms with Crippen LogP contribution >= 0.6 is 0 Å².